The van der Waals surface area contributed by atoms with Crippen molar-refractivity contribution in [3.8, 4) is 11.8 Å². The number of pyridine rings is 1. The van der Waals surface area contributed by atoms with Crippen LogP contribution in [0.2, 0.25) is 5.02 Å². The molecule has 1 saturated heterocycles. The number of rotatable bonds is 7. The van der Waals surface area contributed by atoms with Crippen LogP contribution in [0.4, 0.5) is 19.0 Å². The zero-order chi connectivity index (χ0) is 28.9. The number of likely N-dealkylation sites (N-methyl/N-ethyl adjacent to an activating group) is 1. The number of piperazine rings is 1. The summed E-state index contributed by atoms with van der Waals surface area (Å²) in [5, 5.41) is 15.7. The van der Waals surface area contributed by atoms with E-state index in [1.807, 2.05) is 0 Å². The van der Waals surface area contributed by atoms with Crippen LogP contribution in [0.1, 0.15) is 50.8 Å². The van der Waals surface area contributed by atoms with Crippen molar-refractivity contribution >= 4 is 34.7 Å². The van der Waals surface area contributed by atoms with Gasteiger partial charge in [0.15, 0.2) is 6.23 Å². The van der Waals surface area contributed by atoms with Crippen molar-refractivity contribution in [2.45, 2.75) is 25.4 Å². The number of alkyl halides is 3. The molecule has 1 fully saturated rings. The molecule has 0 bridgehead atoms. The van der Waals surface area contributed by atoms with Gasteiger partial charge in [-0.2, -0.15) is 13.2 Å². The van der Waals surface area contributed by atoms with Gasteiger partial charge in [-0.3, -0.25) is 9.69 Å². The summed E-state index contributed by atoms with van der Waals surface area (Å²) in [5.41, 5.74) is -0.509. The first-order valence-electron chi connectivity index (χ1n) is 12.1. The number of thiazole rings is 1. The van der Waals surface area contributed by atoms with Crippen molar-refractivity contribution in [2.24, 2.45) is 0 Å². The topological polar surface area (TPSA) is 119 Å². The fourth-order valence-electron chi connectivity index (χ4n) is 3.70. The van der Waals surface area contributed by atoms with Crippen LogP contribution in [0.25, 0.3) is 0 Å². The number of carbonyl (C=O) groups excluding carboxylic acids is 1. The lowest BCUT2D eigenvalue weighted by atomic mass is 10.2. The number of hydrogen-bond donors (Lipinski definition) is 3. The number of anilines is 1. The van der Waals surface area contributed by atoms with E-state index in [-0.39, 0.29) is 11.5 Å². The highest BCUT2D eigenvalue weighted by molar-refractivity contribution is 7.11. The van der Waals surface area contributed by atoms with Crippen molar-refractivity contribution in [2.75, 3.05) is 45.1 Å². The fourth-order valence-corrected chi connectivity index (χ4v) is 4.77. The lowest BCUT2D eigenvalue weighted by molar-refractivity contribution is -0.137. The zero-order valence-electron chi connectivity index (χ0n) is 21.5. The first-order chi connectivity index (χ1) is 19.0. The molecule has 4 rings (SSSR count). The van der Waals surface area contributed by atoms with Crippen LogP contribution in [-0.2, 0) is 6.18 Å². The monoisotopic (exact) mass is 594 g/mol. The van der Waals surface area contributed by atoms with Crippen molar-refractivity contribution in [3.05, 3.63) is 62.7 Å². The minimum atomic E-state index is -4.67. The number of nitrogens with zero attached hydrogens (tertiary/aromatic N) is 6. The molecule has 0 aromatic carbocycles. The number of hydrogen-bond acceptors (Lipinski definition) is 10. The largest absolute Gasteiger partial charge is 0.418 e. The Kier molecular flexibility index (Phi) is 9.54. The van der Waals surface area contributed by atoms with E-state index in [2.05, 4.69) is 59.3 Å². The summed E-state index contributed by atoms with van der Waals surface area (Å²) in [6.07, 6.45) is -2.57. The summed E-state index contributed by atoms with van der Waals surface area (Å²) < 4.78 is 39.3. The van der Waals surface area contributed by atoms with Gasteiger partial charge >= 0.3 is 6.18 Å². The number of carbonyl (C=O) groups is 1. The van der Waals surface area contributed by atoms with Crippen LogP contribution in [0.3, 0.4) is 0 Å². The highest BCUT2D eigenvalue weighted by atomic mass is 35.5. The molecule has 0 radical (unpaired) electrons. The highest BCUT2D eigenvalue weighted by Gasteiger charge is 2.34. The third-order valence-electron chi connectivity index (χ3n) is 5.99. The second kappa shape index (κ2) is 12.9. The van der Waals surface area contributed by atoms with Gasteiger partial charge in [0, 0.05) is 44.6 Å². The summed E-state index contributed by atoms with van der Waals surface area (Å²) in [6.45, 7) is 6.20. The first-order valence-corrected chi connectivity index (χ1v) is 13.3. The Labute approximate surface area is 237 Å². The van der Waals surface area contributed by atoms with Crippen LogP contribution in [0, 0.1) is 11.8 Å². The predicted octanol–water partition coefficient (Wildman–Crippen LogP) is 3.19. The number of aliphatic hydroxyl groups is 1. The van der Waals surface area contributed by atoms with Crippen molar-refractivity contribution < 1.29 is 23.1 Å². The van der Waals surface area contributed by atoms with Crippen molar-refractivity contribution in [1.29, 1.82) is 0 Å². The fraction of sp³-hybridized carbons (Fsp3) is 0.400. The average molecular weight is 595 g/mol. The summed E-state index contributed by atoms with van der Waals surface area (Å²) in [4.78, 5) is 33.8. The third kappa shape index (κ3) is 7.86. The summed E-state index contributed by atoms with van der Waals surface area (Å²) >= 11 is 6.66. The molecule has 1 amide bonds. The Balaban J connectivity index is 1.34. The van der Waals surface area contributed by atoms with E-state index >= 15 is 0 Å². The van der Waals surface area contributed by atoms with E-state index in [9.17, 15) is 23.1 Å². The van der Waals surface area contributed by atoms with Gasteiger partial charge in [0.05, 0.1) is 28.0 Å². The number of halogens is 4. The summed E-state index contributed by atoms with van der Waals surface area (Å²) in [5.74, 6) is 5.39. The Morgan fingerprint density at radius 3 is 2.65 bits per heavy atom. The van der Waals surface area contributed by atoms with E-state index in [0.29, 0.717) is 28.2 Å². The third-order valence-corrected chi connectivity index (χ3v) is 7.52. The molecule has 2 atom stereocenters. The molecule has 3 aromatic heterocycles. The van der Waals surface area contributed by atoms with Gasteiger partial charge in [-0.25, -0.2) is 19.9 Å². The van der Waals surface area contributed by atoms with Gasteiger partial charge in [-0.15, -0.1) is 11.3 Å². The van der Waals surface area contributed by atoms with Gasteiger partial charge in [0.2, 0.25) is 0 Å². The van der Waals surface area contributed by atoms with Crippen molar-refractivity contribution in [1.82, 2.24) is 35.1 Å². The second-order valence-electron chi connectivity index (χ2n) is 9.06. The quantitative estimate of drug-likeness (QED) is 0.280. The SMILES string of the molecule is CC(NC(=O)c1cc(C#CCN2CCN(C)CC2)ncn1)c1ncc(C(O)Nc2cc(C(F)(F)F)c(Cl)cn2)s1. The Morgan fingerprint density at radius 1 is 1.18 bits per heavy atom. The Morgan fingerprint density at radius 2 is 1.93 bits per heavy atom. The lowest BCUT2D eigenvalue weighted by Gasteiger charge is -2.30. The van der Waals surface area contributed by atoms with E-state index in [1.54, 1.807) is 6.92 Å². The number of aromatic nitrogens is 4. The second-order valence-corrected chi connectivity index (χ2v) is 10.6. The van der Waals surface area contributed by atoms with E-state index < -0.39 is 34.9 Å². The van der Waals surface area contributed by atoms with Gasteiger partial charge in [-0.1, -0.05) is 17.5 Å². The molecule has 40 heavy (non-hydrogen) atoms. The number of nitrogens with one attached hydrogen (secondary N) is 2. The lowest BCUT2D eigenvalue weighted by Crippen LogP contribution is -2.44. The molecule has 0 spiro atoms. The van der Waals surface area contributed by atoms with E-state index in [0.717, 1.165) is 43.7 Å². The van der Waals surface area contributed by atoms with E-state index in [1.165, 1.54) is 18.6 Å². The summed E-state index contributed by atoms with van der Waals surface area (Å²) in [7, 11) is 2.09. The normalized spacial score (nSPS) is 16.1. The average Bonchev–Trinajstić information content (AvgIpc) is 3.41. The van der Waals surface area contributed by atoms with Crippen molar-refractivity contribution in [3.63, 3.8) is 0 Å². The van der Waals surface area contributed by atoms with Crippen LogP contribution in [0.15, 0.2) is 30.9 Å². The minimum Gasteiger partial charge on any atom is -0.369 e. The maximum Gasteiger partial charge on any atom is 0.418 e. The number of aliphatic hydroxyl groups excluding tert-OH is 1. The van der Waals surface area contributed by atoms with Crippen LogP contribution < -0.4 is 10.6 Å². The van der Waals surface area contributed by atoms with Gasteiger partial charge in [0.25, 0.3) is 5.91 Å². The van der Waals surface area contributed by atoms with E-state index in [4.69, 9.17) is 11.6 Å². The molecule has 4 heterocycles. The molecule has 2 unspecified atom stereocenters. The number of amides is 1. The zero-order valence-corrected chi connectivity index (χ0v) is 23.1. The summed E-state index contributed by atoms with van der Waals surface area (Å²) in [6, 6.07) is 1.67. The molecule has 3 aromatic rings. The molecule has 0 saturated carbocycles. The maximum absolute atomic E-state index is 13.1. The molecule has 10 nitrogen and oxygen atoms in total. The molecular weight excluding hydrogens is 569 g/mol. The first kappa shape index (κ1) is 29.6. The van der Waals surface area contributed by atoms with Gasteiger partial charge in [0.1, 0.15) is 28.5 Å². The standard InChI is InChI=1S/C25H26ClF3N8O2S/c1-15(24-31-13-20(40-24)23(39)35-21-11-17(25(27,28)29)18(26)12-30-21)34-22(38)19-10-16(32-14-33-19)4-3-5-37-8-6-36(2)7-9-37/h10-15,23,39H,5-9H2,1-2H3,(H,30,35)(H,34,38). The van der Waals surface area contributed by atoms with Crippen LogP contribution >= 0.6 is 22.9 Å². The molecular formula is C25H26ClF3N8O2S. The molecule has 0 aliphatic carbocycles. The maximum atomic E-state index is 13.1. The Hall–Kier alpha value is -3.35. The smallest absolute Gasteiger partial charge is 0.369 e. The predicted molar refractivity (Wildman–Crippen MR) is 144 cm³/mol. The van der Waals surface area contributed by atoms with Gasteiger partial charge < -0.3 is 20.6 Å². The molecule has 15 heteroatoms. The Bertz CT molecular complexity index is 1400. The molecule has 212 valence electrons. The molecule has 3 N–H and O–H groups in total. The minimum absolute atomic E-state index is 0.138. The highest BCUT2D eigenvalue weighted by Crippen LogP contribution is 2.36. The molecule has 1 aliphatic heterocycles. The molecule has 1 aliphatic rings. The van der Waals surface area contributed by atoms with Crippen LogP contribution in [-0.4, -0.2) is 80.5 Å². The van der Waals surface area contributed by atoms with Gasteiger partial charge in [-0.05, 0) is 26.0 Å². The van der Waals surface area contributed by atoms with Crippen LogP contribution in [0.5, 0.6) is 0 Å².